The quantitative estimate of drug-likeness (QED) is 0.777. The molecule has 0 saturated heterocycles. The highest BCUT2D eigenvalue weighted by molar-refractivity contribution is 5.94. The van der Waals surface area contributed by atoms with Gasteiger partial charge in [0.05, 0.1) is 23.4 Å². The van der Waals surface area contributed by atoms with Gasteiger partial charge in [-0.2, -0.15) is 0 Å². The van der Waals surface area contributed by atoms with Gasteiger partial charge in [0.2, 0.25) is 0 Å². The lowest BCUT2D eigenvalue weighted by molar-refractivity contribution is 0.0883. The molecule has 0 saturated carbocycles. The van der Waals surface area contributed by atoms with Crippen molar-refractivity contribution in [2.24, 2.45) is 5.41 Å². The van der Waals surface area contributed by atoms with Crippen LogP contribution in [0.4, 0.5) is 0 Å². The normalized spacial score (nSPS) is 13.2. The minimum Gasteiger partial charge on any atom is -0.344 e. The summed E-state index contributed by atoms with van der Waals surface area (Å²) < 4.78 is 1.97. The lowest BCUT2D eigenvalue weighted by Crippen LogP contribution is -2.46. The molecule has 3 rings (SSSR count). The zero-order chi connectivity index (χ0) is 16.4. The van der Waals surface area contributed by atoms with Crippen LogP contribution in [0.2, 0.25) is 0 Å². The molecule has 3 aromatic rings. The SMILES string of the molecule is CC(C)(C)[C@@H](Cn1ccnc1)NC(=O)c1nc2ccccc2[nH]1. The van der Waals surface area contributed by atoms with Crippen molar-refractivity contribution in [1.29, 1.82) is 0 Å². The summed E-state index contributed by atoms with van der Waals surface area (Å²) in [5, 5.41) is 3.09. The van der Waals surface area contributed by atoms with Gasteiger partial charge < -0.3 is 14.9 Å². The van der Waals surface area contributed by atoms with Gasteiger partial charge in [0.25, 0.3) is 5.91 Å². The molecule has 0 aliphatic carbocycles. The molecule has 2 N–H and O–H groups in total. The van der Waals surface area contributed by atoms with E-state index in [0.29, 0.717) is 12.4 Å². The average molecular weight is 311 g/mol. The Kier molecular flexibility index (Phi) is 3.90. The van der Waals surface area contributed by atoms with E-state index in [1.807, 2.05) is 35.0 Å². The van der Waals surface area contributed by atoms with Gasteiger partial charge in [-0.1, -0.05) is 32.9 Å². The van der Waals surface area contributed by atoms with E-state index in [4.69, 9.17) is 0 Å². The summed E-state index contributed by atoms with van der Waals surface area (Å²) in [5.74, 6) is 0.146. The first-order chi connectivity index (χ1) is 10.9. The molecule has 0 bridgehead atoms. The molecular formula is C17H21N5O. The van der Waals surface area contributed by atoms with E-state index in [0.717, 1.165) is 11.0 Å². The largest absolute Gasteiger partial charge is 0.344 e. The van der Waals surface area contributed by atoms with Crippen molar-refractivity contribution in [2.75, 3.05) is 0 Å². The number of H-pyrrole nitrogens is 1. The predicted octanol–water partition coefficient (Wildman–Crippen LogP) is 2.60. The van der Waals surface area contributed by atoms with Gasteiger partial charge in [-0.15, -0.1) is 0 Å². The van der Waals surface area contributed by atoms with E-state index in [-0.39, 0.29) is 17.4 Å². The summed E-state index contributed by atoms with van der Waals surface area (Å²) in [6.45, 7) is 6.98. The fraction of sp³-hybridized carbons (Fsp3) is 0.353. The number of amides is 1. The van der Waals surface area contributed by atoms with Crippen molar-refractivity contribution in [2.45, 2.75) is 33.4 Å². The van der Waals surface area contributed by atoms with Crippen LogP contribution in [0.1, 0.15) is 31.4 Å². The number of rotatable bonds is 4. The van der Waals surface area contributed by atoms with Gasteiger partial charge in [-0.05, 0) is 17.5 Å². The van der Waals surface area contributed by atoms with E-state index < -0.39 is 0 Å². The van der Waals surface area contributed by atoms with E-state index in [1.165, 1.54) is 0 Å². The second kappa shape index (κ2) is 5.87. The summed E-state index contributed by atoms with van der Waals surface area (Å²) >= 11 is 0. The van der Waals surface area contributed by atoms with Gasteiger partial charge in [0.1, 0.15) is 0 Å². The van der Waals surface area contributed by atoms with E-state index in [9.17, 15) is 4.79 Å². The molecule has 1 aromatic carbocycles. The highest BCUT2D eigenvalue weighted by Crippen LogP contribution is 2.21. The van der Waals surface area contributed by atoms with Crippen LogP contribution in [0.15, 0.2) is 43.0 Å². The number of hydrogen-bond acceptors (Lipinski definition) is 3. The first-order valence-electron chi connectivity index (χ1n) is 7.65. The lowest BCUT2D eigenvalue weighted by Gasteiger charge is -2.31. The van der Waals surface area contributed by atoms with Crippen LogP contribution < -0.4 is 5.32 Å². The van der Waals surface area contributed by atoms with Crippen molar-refractivity contribution < 1.29 is 4.79 Å². The maximum atomic E-state index is 12.6. The number of hydrogen-bond donors (Lipinski definition) is 2. The number of benzene rings is 1. The fourth-order valence-electron chi connectivity index (χ4n) is 2.43. The maximum Gasteiger partial charge on any atom is 0.287 e. The standard InChI is InChI=1S/C17H21N5O/c1-17(2,3)14(10-22-9-8-18-11-22)21-16(23)15-19-12-6-4-5-7-13(12)20-15/h4-9,11,14H,10H2,1-3H3,(H,19,20)(H,21,23)/t14-/m1/s1. The zero-order valence-corrected chi connectivity index (χ0v) is 13.6. The number of nitrogens with one attached hydrogen (secondary N) is 2. The molecule has 2 aromatic heterocycles. The summed E-state index contributed by atoms with van der Waals surface area (Å²) in [7, 11) is 0. The van der Waals surface area contributed by atoms with Crippen LogP contribution in [0.3, 0.4) is 0 Å². The third-order valence-corrected chi connectivity index (χ3v) is 3.91. The van der Waals surface area contributed by atoms with Crippen LogP contribution in [0.25, 0.3) is 11.0 Å². The molecule has 23 heavy (non-hydrogen) atoms. The monoisotopic (exact) mass is 311 g/mol. The molecule has 0 fully saturated rings. The Morgan fingerprint density at radius 1 is 1.35 bits per heavy atom. The summed E-state index contributed by atoms with van der Waals surface area (Å²) in [6, 6.07) is 7.57. The van der Waals surface area contributed by atoms with Crippen LogP contribution in [-0.4, -0.2) is 31.5 Å². The molecule has 6 heteroatoms. The highest BCUT2D eigenvalue weighted by atomic mass is 16.2. The van der Waals surface area contributed by atoms with Gasteiger partial charge >= 0.3 is 0 Å². The molecule has 1 atom stereocenters. The maximum absolute atomic E-state index is 12.6. The molecule has 1 amide bonds. The van der Waals surface area contributed by atoms with Crippen molar-refractivity contribution in [3.8, 4) is 0 Å². The molecule has 6 nitrogen and oxygen atoms in total. The van der Waals surface area contributed by atoms with Crippen molar-refractivity contribution in [3.63, 3.8) is 0 Å². The number of nitrogens with zero attached hydrogens (tertiary/aromatic N) is 3. The lowest BCUT2D eigenvalue weighted by atomic mass is 9.86. The molecule has 0 aliphatic rings. The van der Waals surface area contributed by atoms with Crippen molar-refractivity contribution in [3.05, 3.63) is 48.8 Å². The number of carbonyl (C=O) groups excluding carboxylic acids is 1. The fourth-order valence-corrected chi connectivity index (χ4v) is 2.43. The Balaban J connectivity index is 1.79. The van der Waals surface area contributed by atoms with Gasteiger partial charge in [-0.25, -0.2) is 9.97 Å². The molecule has 0 aliphatic heterocycles. The smallest absolute Gasteiger partial charge is 0.287 e. The van der Waals surface area contributed by atoms with Gasteiger partial charge in [0.15, 0.2) is 5.82 Å². The van der Waals surface area contributed by atoms with Gasteiger partial charge in [0, 0.05) is 18.9 Å². The van der Waals surface area contributed by atoms with Crippen molar-refractivity contribution in [1.82, 2.24) is 24.8 Å². The summed E-state index contributed by atoms with van der Waals surface area (Å²) in [4.78, 5) is 24.1. The number of aromatic nitrogens is 4. The van der Waals surface area contributed by atoms with E-state index in [1.54, 1.807) is 12.5 Å². The highest BCUT2D eigenvalue weighted by Gasteiger charge is 2.27. The Morgan fingerprint density at radius 2 is 2.13 bits per heavy atom. The Bertz CT molecular complexity index is 765. The topological polar surface area (TPSA) is 75.6 Å². The van der Waals surface area contributed by atoms with E-state index in [2.05, 4.69) is 41.0 Å². The second-order valence-corrected chi connectivity index (χ2v) is 6.75. The molecular weight excluding hydrogens is 290 g/mol. The molecule has 0 radical (unpaired) electrons. The first kappa shape index (κ1) is 15.3. The molecule has 0 spiro atoms. The van der Waals surface area contributed by atoms with Crippen molar-refractivity contribution >= 4 is 16.9 Å². The van der Waals surface area contributed by atoms with Crippen LogP contribution in [-0.2, 0) is 6.54 Å². The van der Waals surface area contributed by atoms with Crippen LogP contribution in [0.5, 0.6) is 0 Å². The average Bonchev–Trinajstić information content (AvgIpc) is 3.14. The minimum atomic E-state index is -0.193. The van der Waals surface area contributed by atoms with E-state index >= 15 is 0 Å². The number of imidazole rings is 2. The minimum absolute atomic E-state index is 0.0441. The Morgan fingerprint density at radius 3 is 2.78 bits per heavy atom. The summed E-state index contributed by atoms with van der Waals surface area (Å²) in [6.07, 6.45) is 5.39. The summed E-state index contributed by atoms with van der Waals surface area (Å²) in [5.41, 5.74) is 1.56. The predicted molar refractivity (Wildman–Crippen MR) is 89.0 cm³/mol. The number of fused-ring (bicyclic) bond motifs is 1. The number of carbonyl (C=O) groups is 1. The molecule has 120 valence electrons. The molecule has 0 unspecified atom stereocenters. The Hall–Kier alpha value is -2.63. The zero-order valence-electron chi connectivity index (χ0n) is 13.6. The number of para-hydroxylation sites is 2. The second-order valence-electron chi connectivity index (χ2n) is 6.75. The van der Waals surface area contributed by atoms with Crippen LogP contribution >= 0.6 is 0 Å². The third kappa shape index (κ3) is 3.41. The third-order valence-electron chi connectivity index (χ3n) is 3.91. The number of aromatic amines is 1. The Labute approximate surface area is 135 Å². The van der Waals surface area contributed by atoms with Crippen LogP contribution in [0, 0.1) is 5.41 Å². The van der Waals surface area contributed by atoms with Gasteiger partial charge in [-0.3, -0.25) is 4.79 Å². The first-order valence-corrected chi connectivity index (χ1v) is 7.65. The molecule has 2 heterocycles.